The van der Waals surface area contributed by atoms with Gasteiger partial charge in [-0.15, -0.1) is 0 Å². The molecule has 1 aliphatic heterocycles. The number of carboxylic acids is 1. The van der Waals surface area contributed by atoms with Crippen LogP contribution in [0.4, 0.5) is 5.69 Å². The molecule has 1 heterocycles. The van der Waals surface area contributed by atoms with Crippen LogP contribution >= 0.6 is 0 Å². The van der Waals surface area contributed by atoms with E-state index in [1.165, 1.54) is 19.1 Å². The molecule has 1 atom stereocenters. The van der Waals surface area contributed by atoms with E-state index in [2.05, 4.69) is 9.62 Å². The molecule has 2 N–H and O–H groups in total. The Labute approximate surface area is 118 Å². The summed E-state index contributed by atoms with van der Waals surface area (Å²) in [4.78, 5) is 13.0. The second kappa shape index (κ2) is 5.80. The van der Waals surface area contributed by atoms with Crippen LogP contribution in [0, 0.1) is 0 Å². The van der Waals surface area contributed by atoms with Crippen molar-refractivity contribution in [3.05, 3.63) is 24.3 Å². The zero-order valence-corrected chi connectivity index (χ0v) is 12.1. The molecule has 1 aromatic rings. The molecule has 1 unspecified atom stereocenters. The van der Waals surface area contributed by atoms with Crippen LogP contribution in [-0.2, 0) is 14.8 Å². The molecule has 1 fully saturated rings. The highest BCUT2D eigenvalue weighted by Gasteiger charge is 2.21. The standard InChI is InChI=1S/C13H18N2O4S/c1-10(13(16)17)14-20(18,19)12-6-4-11(5-7-12)15-8-2-3-9-15/h4-7,10,14H,2-3,8-9H2,1H3,(H,16,17). The Kier molecular flexibility index (Phi) is 4.29. The molecule has 1 saturated heterocycles. The van der Waals surface area contributed by atoms with Gasteiger partial charge in [0, 0.05) is 18.8 Å². The van der Waals surface area contributed by atoms with E-state index >= 15 is 0 Å². The van der Waals surface area contributed by atoms with E-state index in [9.17, 15) is 13.2 Å². The first kappa shape index (κ1) is 14.8. The van der Waals surface area contributed by atoms with Crippen molar-refractivity contribution in [3.8, 4) is 0 Å². The molecule has 20 heavy (non-hydrogen) atoms. The van der Waals surface area contributed by atoms with Crippen LogP contribution in [0.25, 0.3) is 0 Å². The van der Waals surface area contributed by atoms with Crippen LogP contribution < -0.4 is 9.62 Å². The third kappa shape index (κ3) is 3.29. The first-order valence-electron chi connectivity index (χ1n) is 6.50. The molecule has 0 aliphatic carbocycles. The van der Waals surface area contributed by atoms with Crippen LogP contribution in [0.15, 0.2) is 29.2 Å². The monoisotopic (exact) mass is 298 g/mol. The number of hydrogen-bond acceptors (Lipinski definition) is 4. The van der Waals surface area contributed by atoms with Crippen LogP contribution in [0.2, 0.25) is 0 Å². The summed E-state index contributed by atoms with van der Waals surface area (Å²) in [5.41, 5.74) is 0.993. The highest BCUT2D eigenvalue weighted by molar-refractivity contribution is 7.89. The average molecular weight is 298 g/mol. The summed E-state index contributed by atoms with van der Waals surface area (Å²) >= 11 is 0. The number of anilines is 1. The number of sulfonamides is 1. The summed E-state index contributed by atoms with van der Waals surface area (Å²) in [7, 11) is -3.79. The Hall–Kier alpha value is -1.60. The van der Waals surface area contributed by atoms with Crippen molar-refractivity contribution in [3.63, 3.8) is 0 Å². The Morgan fingerprint density at radius 1 is 1.25 bits per heavy atom. The van der Waals surface area contributed by atoms with Crippen LogP contribution in [-0.4, -0.2) is 38.6 Å². The van der Waals surface area contributed by atoms with E-state index in [1.807, 2.05) is 0 Å². The predicted molar refractivity (Wildman–Crippen MR) is 75.3 cm³/mol. The molecule has 6 nitrogen and oxygen atoms in total. The third-order valence-corrected chi connectivity index (χ3v) is 4.88. The van der Waals surface area contributed by atoms with E-state index in [0.717, 1.165) is 31.6 Å². The minimum absolute atomic E-state index is 0.0774. The Morgan fingerprint density at radius 2 is 1.80 bits per heavy atom. The van der Waals surface area contributed by atoms with Gasteiger partial charge in [0.05, 0.1) is 4.90 Å². The minimum atomic E-state index is -3.79. The van der Waals surface area contributed by atoms with Gasteiger partial charge < -0.3 is 10.0 Å². The maximum Gasteiger partial charge on any atom is 0.321 e. The molecular weight excluding hydrogens is 280 g/mol. The molecule has 7 heteroatoms. The first-order valence-corrected chi connectivity index (χ1v) is 7.98. The molecule has 2 rings (SSSR count). The average Bonchev–Trinajstić information content (AvgIpc) is 2.92. The van der Waals surface area contributed by atoms with Crippen molar-refractivity contribution in [2.45, 2.75) is 30.7 Å². The van der Waals surface area contributed by atoms with Crippen LogP contribution in [0.5, 0.6) is 0 Å². The van der Waals surface area contributed by atoms with Crippen molar-refractivity contribution >= 4 is 21.7 Å². The van der Waals surface area contributed by atoms with Gasteiger partial charge in [-0.2, -0.15) is 4.72 Å². The SMILES string of the molecule is CC(NS(=O)(=O)c1ccc(N2CCCC2)cc1)C(=O)O. The first-order chi connectivity index (χ1) is 9.40. The van der Waals surface area contributed by atoms with Crippen molar-refractivity contribution in [1.29, 1.82) is 0 Å². The second-order valence-electron chi connectivity index (χ2n) is 4.87. The lowest BCUT2D eigenvalue weighted by Gasteiger charge is -2.18. The number of benzene rings is 1. The molecule has 0 radical (unpaired) electrons. The Morgan fingerprint density at radius 3 is 2.30 bits per heavy atom. The van der Waals surface area contributed by atoms with E-state index < -0.39 is 22.0 Å². The van der Waals surface area contributed by atoms with Gasteiger partial charge in [-0.05, 0) is 44.0 Å². The number of carbonyl (C=O) groups is 1. The molecule has 0 bridgehead atoms. The molecule has 110 valence electrons. The van der Waals surface area contributed by atoms with Crippen molar-refractivity contribution in [1.82, 2.24) is 4.72 Å². The van der Waals surface area contributed by atoms with Gasteiger partial charge in [0.1, 0.15) is 6.04 Å². The highest BCUT2D eigenvalue weighted by Crippen LogP contribution is 2.22. The van der Waals surface area contributed by atoms with Gasteiger partial charge in [-0.1, -0.05) is 0 Å². The van der Waals surface area contributed by atoms with Gasteiger partial charge in [0.25, 0.3) is 0 Å². The van der Waals surface area contributed by atoms with E-state index in [4.69, 9.17) is 5.11 Å². The summed E-state index contributed by atoms with van der Waals surface area (Å²) in [6, 6.07) is 5.37. The van der Waals surface area contributed by atoms with Gasteiger partial charge in [0.15, 0.2) is 0 Å². The fraction of sp³-hybridized carbons (Fsp3) is 0.462. The smallest absolute Gasteiger partial charge is 0.321 e. The van der Waals surface area contributed by atoms with Crippen molar-refractivity contribution in [2.75, 3.05) is 18.0 Å². The molecule has 0 amide bonds. The van der Waals surface area contributed by atoms with Crippen molar-refractivity contribution < 1.29 is 18.3 Å². The number of carboxylic acid groups (broad SMARTS) is 1. The quantitative estimate of drug-likeness (QED) is 0.848. The topological polar surface area (TPSA) is 86.7 Å². The molecular formula is C13H18N2O4S. The minimum Gasteiger partial charge on any atom is -0.480 e. The summed E-state index contributed by atoms with van der Waals surface area (Å²) in [6.07, 6.45) is 2.30. The maximum atomic E-state index is 12.0. The van der Waals surface area contributed by atoms with E-state index in [0.29, 0.717) is 0 Å². The largest absolute Gasteiger partial charge is 0.480 e. The maximum absolute atomic E-state index is 12.0. The Bertz CT molecular complexity index is 577. The highest BCUT2D eigenvalue weighted by atomic mass is 32.2. The zero-order valence-electron chi connectivity index (χ0n) is 11.2. The molecule has 1 aromatic carbocycles. The van der Waals surface area contributed by atoms with Crippen LogP contribution in [0.3, 0.4) is 0 Å². The molecule has 0 spiro atoms. The lowest BCUT2D eigenvalue weighted by atomic mass is 10.3. The second-order valence-corrected chi connectivity index (χ2v) is 6.58. The van der Waals surface area contributed by atoms with Gasteiger partial charge in [-0.3, -0.25) is 4.79 Å². The normalized spacial score (nSPS) is 17.1. The number of nitrogens with zero attached hydrogens (tertiary/aromatic N) is 1. The predicted octanol–water partition coefficient (Wildman–Crippen LogP) is 1.04. The summed E-state index contributed by atoms with van der Waals surface area (Å²) in [6.45, 7) is 3.26. The van der Waals surface area contributed by atoms with E-state index in [-0.39, 0.29) is 4.90 Å². The Balaban J connectivity index is 2.14. The van der Waals surface area contributed by atoms with Gasteiger partial charge in [-0.25, -0.2) is 8.42 Å². The van der Waals surface area contributed by atoms with Gasteiger partial charge >= 0.3 is 5.97 Å². The number of aliphatic carboxylic acids is 1. The summed E-state index contributed by atoms with van der Waals surface area (Å²) in [5.74, 6) is -1.21. The lowest BCUT2D eigenvalue weighted by Crippen LogP contribution is -2.38. The third-order valence-electron chi connectivity index (χ3n) is 3.32. The summed E-state index contributed by atoms with van der Waals surface area (Å²) in [5, 5.41) is 8.75. The number of rotatable bonds is 5. The number of hydrogen-bond donors (Lipinski definition) is 2. The molecule has 0 saturated carbocycles. The fourth-order valence-electron chi connectivity index (χ4n) is 2.16. The van der Waals surface area contributed by atoms with Crippen LogP contribution in [0.1, 0.15) is 19.8 Å². The molecule has 0 aromatic heterocycles. The zero-order chi connectivity index (χ0) is 14.8. The van der Waals surface area contributed by atoms with E-state index in [1.54, 1.807) is 12.1 Å². The molecule has 1 aliphatic rings. The summed E-state index contributed by atoms with van der Waals surface area (Å²) < 4.78 is 26.1. The lowest BCUT2D eigenvalue weighted by molar-refractivity contribution is -0.138. The fourth-order valence-corrected chi connectivity index (χ4v) is 3.36. The van der Waals surface area contributed by atoms with Gasteiger partial charge in [0.2, 0.25) is 10.0 Å². The number of nitrogens with one attached hydrogen (secondary N) is 1. The van der Waals surface area contributed by atoms with Crippen molar-refractivity contribution in [2.24, 2.45) is 0 Å².